The van der Waals surface area contributed by atoms with Crippen LogP contribution in [-0.4, -0.2) is 62.0 Å². The van der Waals surface area contributed by atoms with Crippen molar-refractivity contribution >= 4 is 17.9 Å². The molecule has 0 atom stereocenters. The largest absolute Gasteiger partial charge is 0.497 e. The Hall–Kier alpha value is -2.50. The van der Waals surface area contributed by atoms with Gasteiger partial charge in [-0.25, -0.2) is 0 Å². The fourth-order valence-electron chi connectivity index (χ4n) is 2.80. The van der Waals surface area contributed by atoms with Crippen molar-refractivity contribution in [1.29, 1.82) is 0 Å². The Morgan fingerprint density at radius 3 is 1.88 bits per heavy atom. The van der Waals surface area contributed by atoms with Gasteiger partial charge < -0.3 is 19.3 Å². The number of hydrogen-bond acceptors (Lipinski definition) is 4. The van der Waals surface area contributed by atoms with E-state index >= 15 is 0 Å². The quantitative estimate of drug-likeness (QED) is 0.774. The van der Waals surface area contributed by atoms with Crippen LogP contribution in [0.1, 0.15) is 26.3 Å². The number of benzene rings is 1. The molecule has 26 heavy (non-hydrogen) atoms. The summed E-state index contributed by atoms with van der Waals surface area (Å²) in [4.78, 5) is 28.3. The van der Waals surface area contributed by atoms with E-state index in [4.69, 9.17) is 9.47 Å². The molecule has 6 nitrogen and oxygen atoms in total. The van der Waals surface area contributed by atoms with Crippen molar-refractivity contribution in [2.45, 2.75) is 20.8 Å². The summed E-state index contributed by atoms with van der Waals surface area (Å²) < 4.78 is 10.5. The van der Waals surface area contributed by atoms with Crippen molar-refractivity contribution in [1.82, 2.24) is 9.80 Å². The van der Waals surface area contributed by atoms with Gasteiger partial charge in [-0.15, -0.1) is 0 Å². The van der Waals surface area contributed by atoms with Crippen LogP contribution in [0.3, 0.4) is 0 Å². The predicted octanol–water partition coefficient (Wildman–Crippen LogP) is 2.43. The molecule has 142 valence electrons. The molecule has 2 amide bonds. The summed E-state index contributed by atoms with van der Waals surface area (Å²) in [6.45, 7) is 7.98. The van der Waals surface area contributed by atoms with Crippen LogP contribution in [0, 0.1) is 5.41 Å². The lowest BCUT2D eigenvalue weighted by molar-refractivity contribution is -0.143. The van der Waals surface area contributed by atoms with E-state index in [9.17, 15) is 9.59 Å². The summed E-state index contributed by atoms with van der Waals surface area (Å²) in [5.74, 6) is 1.41. The van der Waals surface area contributed by atoms with E-state index in [0.29, 0.717) is 37.7 Å². The Kier molecular flexibility index (Phi) is 6.29. The minimum Gasteiger partial charge on any atom is -0.497 e. The Bertz CT molecular complexity index is 661. The average molecular weight is 360 g/mol. The lowest BCUT2D eigenvalue weighted by atomic mass is 9.94. The molecule has 0 bridgehead atoms. The zero-order valence-corrected chi connectivity index (χ0v) is 16.2. The number of methoxy groups -OCH3 is 2. The number of piperazine rings is 1. The van der Waals surface area contributed by atoms with E-state index in [2.05, 4.69) is 0 Å². The van der Waals surface area contributed by atoms with Gasteiger partial charge in [-0.05, 0) is 23.8 Å². The maximum atomic E-state index is 12.4. The fraction of sp³-hybridized carbons (Fsp3) is 0.500. The van der Waals surface area contributed by atoms with Crippen LogP contribution in [0.2, 0.25) is 0 Å². The first kappa shape index (κ1) is 19.8. The standard InChI is InChI=1S/C20H28N2O4/c1-20(2,3)19(24)22-10-8-21(9-11-22)18(23)7-6-15-12-16(25-4)14-17(13-15)26-5/h6-7,12-14H,8-11H2,1-5H3/b7-6+. The maximum absolute atomic E-state index is 12.4. The van der Waals surface area contributed by atoms with Gasteiger partial charge in [0.25, 0.3) is 0 Å². The first-order chi connectivity index (χ1) is 12.2. The molecule has 0 spiro atoms. The predicted molar refractivity (Wildman–Crippen MR) is 101 cm³/mol. The normalized spacial score (nSPS) is 15.3. The molecule has 6 heteroatoms. The van der Waals surface area contributed by atoms with Crippen molar-refractivity contribution in [2.75, 3.05) is 40.4 Å². The minimum atomic E-state index is -0.391. The van der Waals surface area contributed by atoms with Gasteiger partial charge in [0.1, 0.15) is 11.5 Å². The van der Waals surface area contributed by atoms with Gasteiger partial charge >= 0.3 is 0 Å². The van der Waals surface area contributed by atoms with Gasteiger partial charge in [-0.3, -0.25) is 9.59 Å². The highest BCUT2D eigenvalue weighted by molar-refractivity contribution is 5.92. The summed E-state index contributed by atoms with van der Waals surface area (Å²) in [7, 11) is 3.18. The first-order valence-corrected chi connectivity index (χ1v) is 8.74. The van der Waals surface area contributed by atoms with Crippen LogP contribution in [0.15, 0.2) is 24.3 Å². The van der Waals surface area contributed by atoms with Gasteiger partial charge in [0.2, 0.25) is 11.8 Å². The molecule has 2 rings (SSSR count). The average Bonchev–Trinajstić information content (AvgIpc) is 2.64. The number of hydrogen-bond donors (Lipinski definition) is 0. The molecule has 0 aromatic heterocycles. The third-order valence-electron chi connectivity index (χ3n) is 4.31. The van der Waals surface area contributed by atoms with Crippen molar-refractivity contribution in [3.8, 4) is 11.5 Å². The van der Waals surface area contributed by atoms with Gasteiger partial charge in [0.15, 0.2) is 0 Å². The van der Waals surface area contributed by atoms with Crippen molar-refractivity contribution < 1.29 is 19.1 Å². The van der Waals surface area contributed by atoms with Crippen LogP contribution < -0.4 is 9.47 Å². The lowest BCUT2D eigenvalue weighted by Gasteiger charge is -2.37. The molecule has 0 N–H and O–H groups in total. The van der Waals surface area contributed by atoms with E-state index in [0.717, 1.165) is 5.56 Å². The molecule has 0 radical (unpaired) electrons. The van der Waals surface area contributed by atoms with Gasteiger partial charge in [-0.2, -0.15) is 0 Å². The van der Waals surface area contributed by atoms with Crippen molar-refractivity contribution in [2.24, 2.45) is 5.41 Å². The first-order valence-electron chi connectivity index (χ1n) is 8.74. The molecular formula is C20H28N2O4. The van der Waals surface area contributed by atoms with Crippen LogP contribution in [0.25, 0.3) is 6.08 Å². The minimum absolute atomic E-state index is 0.0605. The number of rotatable bonds is 4. The summed E-state index contributed by atoms with van der Waals surface area (Å²) in [6, 6.07) is 5.46. The highest BCUT2D eigenvalue weighted by Gasteiger charge is 2.30. The summed E-state index contributed by atoms with van der Waals surface area (Å²) >= 11 is 0. The molecule has 1 aliphatic rings. The number of carbonyl (C=O) groups excluding carboxylic acids is 2. The smallest absolute Gasteiger partial charge is 0.246 e. The Labute approximate surface area is 155 Å². The third kappa shape index (κ3) is 5.00. The molecule has 0 unspecified atom stereocenters. The van der Waals surface area contributed by atoms with Crippen LogP contribution in [-0.2, 0) is 9.59 Å². The lowest BCUT2D eigenvalue weighted by Crippen LogP contribution is -2.52. The Morgan fingerprint density at radius 1 is 0.923 bits per heavy atom. The van der Waals surface area contributed by atoms with Crippen LogP contribution in [0.4, 0.5) is 0 Å². The van der Waals surface area contributed by atoms with E-state index < -0.39 is 5.41 Å². The summed E-state index contributed by atoms with van der Waals surface area (Å²) in [6.07, 6.45) is 3.30. The SMILES string of the molecule is COc1cc(/C=C/C(=O)N2CCN(C(=O)C(C)(C)C)CC2)cc(OC)c1. The molecule has 1 heterocycles. The Morgan fingerprint density at radius 2 is 1.42 bits per heavy atom. The van der Waals surface area contributed by atoms with Crippen LogP contribution >= 0.6 is 0 Å². The third-order valence-corrected chi connectivity index (χ3v) is 4.31. The van der Waals surface area contributed by atoms with Crippen LogP contribution in [0.5, 0.6) is 11.5 Å². The zero-order valence-electron chi connectivity index (χ0n) is 16.2. The van der Waals surface area contributed by atoms with Gasteiger partial charge in [-0.1, -0.05) is 20.8 Å². The molecular weight excluding hydrogens is 332 g/mol. The molecule has 1 aromatic carbocycles. The highest BCUT2D eigenvalue weighted by atomic mass is 16.5. The summed E-state index contributed by atoms with van der Waals surface area (Å²) in [5, 5.41) is 0. The maximum Gasteiger partial charge on any atom is 0.246 e. The monoisotopic (exact) mass is 360 g/mol. The van der Waals surface area contributed by atoms with E-state index in [1.165, 1.54) is 0 Å². The van der Waals surface area contributed by atoms with E-state index in [1.807, 2.05) is 37.8 Å². The second-order valence-electron chi connectivity index (χ2n) is 7.35. The molecule has 1 aliphatic heterocycles. The second kappa shape index (κ2) is 8.25. The van der Waals surface area contributed by atoms with Crippen molar-refractivity contribution in [3.63, 3.8) is 0 Å². The Balaban J connectivity index is 1.97. The van der Waals surface area contributed by atoms with E-state index in [-0.39, 0.29) is 11.8 Å². The molecule has 1 saturated heterocycles. The van der Waals surface area contributed by atoms with Gasteiger partial charge in [0, 0.05) is 43.7 Å². The zero-order chi connectivity index (χ0) is 19.3. The second-order valence-corrected chi connectivity index (χ2v) is 7.35. The number of carbonyl (C=O) groups is 2. The molecule has 0 aliphatic carbocycles. The van der Waals surface area contributed by atoms with E-state index in [1.54, 1.807) is 37.3 Å². The fourth-order valence-corrected chi connectivity index (χ4v) is 2.80. The number of amides is 2. The highest BCUT2D eigenvalue weighted by Crippen LogP contribution is 2.23. The number of nitrogens with zero attached hydrogens (tertiary/aromatic N) is 2. The molecule has 1 aromatic rings. The summed E-state index contributed by atoms with van der Waals surface area (Å²) in [5.41, 5.74) is 0.438. The topological polar surface area (TPSA) is 59.1 Å². The molecule has 1 fully saturated rings. The van der Waals surface area contributed by atoms with Crippen molar-refractivity contribution in [3.05, 3.63) is 29.8 Å². The van der Waals surface area contributed by atoms with Gasteiger partial charge in [0.05, 0.1) is 14.2 Å². The number of ether oxygens (including phenoxy) is 2. The molecule has 0 saturated carbocycles.